The number of hydrogen-bond acceptors (Lipinski definition) is 6. The number of nitro groups is 1. The number of carbonyl (C=O) groups is 1. The normalized spacial score (nSPS) is 11.4. The predicted octanol–water partition coefficient (Wildman–Crippen LogP) is 6.17. The summed E-state index contributed by atoms with van der Waals surface area (Å²) in [5.74, 6) is 0.365. The molecular weight excluding hydrogens is 446 g/mol. The molecular formula is C24H14ClN3O5. The fraction of sp³-hybridized carbons (Fsp3) is 0. The predicted molar refractivity (Wildman–Crippen MR) is 125 cm³/mol. The van der Waals surface area contributed by atoms with E-state index in [0.717, 1.165) is 16.2 Å². The third-order valence-electron chi connectivity index (χ3n) is 5.06. The highest BCUT2D eigenvalue weighted by Gasteiger charge is 2.16. The average Bonchev–Trinajstić information content (AvgIpc) is 3.46. The van der Waals surface area contributed by atoms with E-state index in [-0.39, 0.29) is 16.5 Å². The lowest BCUT2D eigenvalue weighted by Crippen LogP contribution is -2.16. The highest BCUT2D eigenvalue weighted by atomic mass is 35.5. The minimum atomic E-state index is -0.562. The largest absolute Gasteiger partial charge is 0.455 e. The highest BCUT2D eigenvalue weighted by Crippen LogP contribution is 2.31. The van der Waals surface area contributed by atoms with Gasteiger partial charge >= 0.3 is 5.91 Å². The first-order valence-corrected chi connectivity index (χ1v) is 10.2. The van der Waals surface area contributed by atoms with Crippen LogP contribution in [0.5, 0.6) is 0 Å². The first kappa shape index (κ1) is 20.5. The van der Waals surface area contributed by atoms with Gasteiger partial charge in [0.1, 0.15) is 22.1 Å². The minimum Gasteiger partial charge on any atom is -0.455 e. The second-order valence-electron chi connectivity index (χ2n) is 7.13. The monoisotopic (exact) mass is 459 g/mol. The van der Waals surface area contributed by atoms with Crippen LogP contribution in [0.2, 0.25) is 5.02 Å². The SMILES string of the molecule is O=C(N/N=C/c1ccc(-c2ccc(Cl)c([N+](=O)[O-])c2)o1)c1cc2c(ccc3ccccc32)o1. The van der Waals surface area contributed by atoms with Crippen molar-refractivity contribution in [3.8, 4) is 11.3 Å². The molecule has 0 unspecified atom stereocenters. The molecule has 0 fully saturated rings. The number of nitrogens with zero attached hydrogens (tertiary/aromatic N) is 2. The van der Waals surface area contributed by atoms with Crippen LogP contribution in [0.1, 0.15) is 16.3 Å². The minimum absolute atomic E-state index is 0.0402. The molecule has 0 saturated heterocycles. The van der Waals surface area contributed by atoms with Crippen LogP contribution in [-0.4, -0.2) is 17.0 Å². The van der Waals surface area contributed by atoms with E-state index < -0.39 is 10.8 Å². The van der Waals surface area contributed by atoms with Crippen LogP contribution in [-0.2, 0) is 0 Å². The van der Waals surface area contributed by atoms with Gasteiger partial charge in [0.2, 0.25) is 0 Å². The molecule has 1 N–H and O–H groups in total. The number of rotatable bonds is 5. The van der Waals surface area contributed by atoms with Crippen molar-refractivity contribution in [2.75, 3.05) is 0 Å². The van der Waals surface area contributed by atoms with Gasteiger partial charge < -0.3 is 8.83 Å². The summed E-state index contributed by atoms with van der Waals surface area (Å²) >= 11 is 5.85. The molecule has 0 aliphatic carbocycles. The molecule has 33 heavy (non-hydrogen) atoms. The molecule has 0 spiro atoms. The molecule has 5 rings (SSSR count). The second-order valence-corrected chi connectivity index (χ2v) is 7.54. The number of furan rings is 2. The number of hydrogen-bond donors (Lipinski definition) is 1. The van der Waals surface area contributed by atoms with Gasteiger partial charge in [-0.15, -0.1) is 0 Å². The van der Waals surface area contributed by atoms with Gasteiger partial charge in [0, 0.05) is 17.0 Å². The number of nitro benzene ring substituents is 1. The van der Waals surface area contributed by atoms with Crippen molar-refractivity contribution in [2.24, 2.45) is 5.10 Å². The lowest BCUT2D eigenvalue weighted by Gasteiger charge is -1.99. The third kappa shape index (κ3) is 3.95. The van der Waals surface area contributed by atoms with Crippen LogP contribution in [0, 0.1) is 10.1 Å². The number of fused-ring (bicyclic) bond motifs is 3. The van der Waals surface area contributed by atoms with E-state index in [1.165, 1.54) is 18.3 Å². The quantitative estimate of drug-likeness (QED) is 0.192. The zero-order chi connectivity index (χ0) is 22.9. The number of benzene rings is 3. The van der Waals surface area contributed by atoms with Crippen molar-refractivity contribution in [2.45, 2.75) is 0 Å². The molecule has 1 amide bonds. The zero-order valence-corrected chi connectivity index (χ0v) is 17.6. The van der Waals surface area contributed by atoms with Gasteiger partial charge in [-0.1, -0.05) is 41.9 Å². The molecule has 0 radical (unpaired) electrons. The fourth-order valence-corrected chi connectivity index (χ4v) is 3.68. The van der Waals surface area contributed by atoms with E-state index in [1.54, 1.807) is 24.3 Å². The van der Waals surface area contributed by atoms with Gasteiger partial charge in [-0.25, -0.2) is 5.43 Å². The standard InChI is InChI=1S/C24H14ClN3O5/c25-19-8-5-15(11-20(19)28(30)31)21-10-7-16(32-21)13-26-27-24(29)23-12-18-17-4-2-1-3-14(17)6-9-22(18)33-23/h1-13H,(H,27,29)/b26-13+. The maximum atomic E-state index is 12.5. The van der Waals surface area contributed by atoms with Gasteiger partial charge in [-0.3, -0.25) is 14.9 Å². The molecule has 2 heterocycles. The first-order valence-electron chi connectivity index (χ1n) is 9.78. The van der Waals surface area contributed by atoms with Crippen LogP contribution < -0.4 is 5.43 Å². The lowest BCUT2D eigenvalue weighted by molar-refractivity contribution is -0.384. The molecule has 0 bridgehead atoms. The van der Waals surface area contributed by atoms with Gasteiger partial charge in [0.25, 0.3) is 5.69 Å². The Morgan fingerprint density at radius 2 is 1.85 bits per heavy atom. The van der Waals surface area contributed by atoms with Gasteiger partial charge in [0.15, 0.2) is 5.76 Å². The Balaban J connectivity index is 1.32. The Labute approximate surface area is 191 Å². The smallest absolute Gasteiger partial charge is 0.307 e. The molecule has 2 aromatic heterocycles. The molecule has 3 aromatic carbocycles. The van der Waals surface area contributed by atoms with E-state index in [0.29, 0.717) is 22.7 Å². The topological polar surface area (TPSA) is 111 Å². The number of halogens is 1. The lowest BCUT2D eigenvalue weighted by atomic mass is 10.1. The molecule has 9 heteroatoms. The number of nitrogens with one attached hydrogen (secondary N) is 1. The molecule has 0 saturated carbocycles. The van der Waals surface area contributed by atoms with Gasteiger partial charge in [0.05, 0.1) is 11.1 Å². The Bertz CT molecular complexity index is 1570. The number of amides is 1. The van der Waals surface area contributed by atoms with Crippen molar-refractivity contribution in [3.05, 3.63) is 99.5 Å². The molecule has 8 nitrogen and oxygen atoms in total. The summed E-state index contributed by atoms with van der Waals surface area (Å²) in [6, 6.07) is 20.9. The van der Waals surface area contributed by atoms with Gasteiger partial charge in [-0.2, -0.15) is 5.10 Å². The summed E-state index contributed by atoms with van der Waals surface area (Å²) in [6.45, 7) is 0. The Morgan fingerprint density at radius 1 is 1.00 bits per heavy atom. The van der Waals surface area contributed by atoms with Crippen molar-refractivity contribution in [3.63, 3.8) is 0 Å². The summed E-state index contributed by atoms with van der Waals surface area (Å²) in [5, 5.41) is 17.9. The highest BCUT2D eigenvalue weighted by molar-refractivity contribution is 6.32. The number of hydrazone groups is 1. The summed E-state index contributed by atoms with van der Waals surface area (Å²) in [5.41, 5.74) is 3.29. The summed E-state index contributed by atoms with van der Waals surface area (Å²) < 4.78 is 11.3. The van der Waals surface area contributed by atoms with Crippen LogP contribution in [0.4, 0.5) is 5.69 Å². The van der Waals surface area contributed by atoms with E-state index >= 15 is 0 Å². The molecule has 162 valence electrons. The average molecular weight is 460 g/mol. The maximum absolute atomic E-state index is 12.5. The molecule has 5 aromatic rings. The first-order chi connectivity index (χ1) is 16.0. The Morgan fingerprint density at radius 3 is 2.70 bits per heavy atom. The van der Waals surface area contributed by atoms with Crippen LogP contribution in [0.25, 0.3) is 33.1 Å². The van der Waals surface area contributed by atoms with Gasteiger partial charge in [-0.05, 0) is 47.2 Å². The van der Waals surface area contributed by atoms with E-state index in [2.05, 4.69) is 10.5 Å². The van der Waals surface area contributed by atoms with Crippen molar-refractivity contribution in [1.29, 1.82) is 0 Å². The van der Waals surface area contributed by atoms with Crippen molar-refractivity contribution in [1.82, 2.24) is 5.43 Å². The van der Waals surface area contributed by atoms with E-state index in [4.69, 9.17) is 20.4 Å². The summed E-state index contributed by atoms with van der Waals surface area (Å²) in [7, 11) is 0. The van der Waals surface area contributed by atoms with E-state index in [9.17, 15) is 14.9 Å². The second kappa shape index (κ2) is 8.25. The zero-order valence-electron chi connectivity index (χ0n) is 16.8. The Kier molecular flexibility index (Phi) is 5.12. The van der Waals surface area contributed by atoms with Crippen LogP contribution >= 0.6 is 11.6 Å². The van der Waals surface area contributed by atoms with E-state index in [1.807, 2.05) is 36.4 Å². The van der Waals surface area contributed by atoms with Crippen LogP contribution in [0.15, 0.2) is 86.7 Å². The molecule has 0 aliphatic rings. The number of carbonyl (C=O) groups excluding carboxylic acids is 1. The molecule has 0 aliphatic heterocycles. The Hall–Kier alpha value is -4.43. The van der Waals surface area contributed by atoms with Crippen LogP contribution in [0.3, 0.4) is 0 Å². The van der Waals surface area contributed by atoms with Crippen molar-refractivity contribution < 1.29 is 18.6 Å². The van der Waals surface area contributed by atoms with Crippen molar-refractivity contribution >= 4 is 51.2 Å². The molecule has 0 atom stereocenters. The maximum Gasteiger partial charge on any atom is 0.307 e. The summed E-state index contributed by atoms with van der Waals surface area (Å²) in [6.07, 6.45) is 1.32. The fourth-order valence-electron chi connectivity index (χ4n) is 3.50. The summed E-state index contributed by atoms with van der Waals surface area (Å²) in [4.78, 5) is 23.0. The third-order valence-corrected chi connectivity index (χ3v) is 5.38.